The number of carbonyl (C=O) groups excluding carboxylic acids is 1. The number of aromatic nitrogens is 2. The molecular weight excluding hydrogens is 284 g/mol. The molecule has 1 aromatic heterocycles. The molecule has 3 nitrogen and oxygen atoms in total. The summed E-state index contributed by atoms with van der Waals surface area (Å²) in [5, 5.41) is 5.21. The van der Waals surface area contributed by atoms with Crippen LogP contribution in [0, 0.1) is 0 Å². The van der Waals surface area contributed by atoms with Crippen molar-refractivity contribution in [2.45, 2.75) is 6.92 Å². The maximum atomic E-state index is 11.9. The molecule has 3 aromatic rings. The zero-order valence-electron chi connectivity index (χ0n) is 11.5. The Morgan fingerprint density at radius 1 is 1.05 bits per heavy atom. The maximum Gasteiger partial charge on any atom is 0.163 e. The largest absolute Gasteiger partial charge is 0.294 e. The minimum atomic E-state index is -0.0119. The lowest BCUT2D eigenvalue weighted by atomic mass is 10.1. The van der Waals surface area contributed by atoms with Gasteiger partial charge in [-0.15, -0.1) is 0 Å². The second-order valence-corrected chi connectivity index (χ2v) is 5.17. The first kappa shape index (κ1) is 13.6. The summed E-state index contributed by atoms with van der Waals surface area (Å²) >= 11 is 5.91. The van der Waals surface area contributed by atoms with E-state index in [2.05, 4.69) is 5.10 Å². The molecule has 1 heterocycles. The van der Waals surface area contributed by atoms with Crippen LogP contribution in [-0.2, 0) is 0 Å². The molecule has 0 saturated carbocycles. The van der Waals surface area contributed by atoms with Crippen LogP contribution in [0.1, 0.15) is 17.3 Å². The number of hydrogen-bond acceptors (Lipinski definition) is 2. The number of Topliss-reactive ketones (excluding diaryl/α,β-unsaturated/α-hetero) is 1. The summed E-state index contributed by atoms with van der Waals surface area (Å²) in [7, 11) is 0. The van der Waals surface area contributed by atoms with Crippen LogP contribution in [-0.4, -0.2) is 15.6 Å². The zero-order valence-corrected chi connectivity index (χ0v) is 12.2. The first-order valence-corrected chi connectivity index (χ1v) is 6.95. The molecular formula is C17H13ClN2O. The number of carbonyl (C=O) groups is 1. The molecule has 0 aliphatic rings. The van der Waals surface area contributed by atoms with Crippen molar-refractivity contribution >= 4 is 17.4 Å². The second kappa shape index (κ2) is 5.54. The molecule has 0 spiro atoms. The summed E-state index contributed by atoms with van der Waals surface area (Å²) in [6.07, 6.45) is 1.77. The molecule has 4 heteroatoms. The van der Waals surface area contributed by atoms with Gasteiger partial charge in [-0.25, -0.2) is 4.68 Å². The van der Waals surface area contributed by atoms with Gasteiger partial charge >= 0.3 is 0 Å². The van der Waals surface area contributed by atoms with Gasteiger partial charge in [-0.3, -0.25) is 4.79 Å². The molecule has 0 N–H and O–H groups in total. The number of halogens is 1. The molecule has 0 amide bonds. The van der Waals surface area contributed by atoms with Crippen molar-refractivity contribution in [3.8, 4) is 16.9 Å². The first-order chi connectivity index (χ1) is 10.1. The quantitative estimate of drug-likeness (QED) is 0.672. The highest BCUT2D eigenvalue weighted by molar-refractivity contribution is 6.30. The van der Waals surface area contributed by atoms with Crippen molar-refractivity contribution in [2.75, 3.05) is 0 Å². The highest BCUT2D eigenvalue weighted by atomic mass is 35.5. The van der Waals surface area contributed by atoms with Crippen LogP contribution in [0.3, 0.4) is 0 Å². The van der Waals surface area contributed by atoms with E-state index < -0.39 is 0 Å². The molecule has 0 saturated heterocycles. The fourth-order valence-electron chi connectivity index (χ4n) is 2.17. The van der Waals surface area contributed by atoms with E-state index >= 15 is 0 Å². The number of benzene rings is 2. The molecule has 21 heavy (non-hydrogen) atoms. The van der Waals surface area contributed by atoms with Gasteiger partial charge in [-0.05, 0) is 31.2 Å². The summed E-state index contributed by atoms with van der Waals surface area (Å²) in [6, 6.07) is 17.0. The van der Waals surface area contributed by atoms with E-state index in [4.69, 9.17) is 11.6 Å². The van der Waals surface area contributed by atoms with E-state index in [-0.39, 0.29) is 5.78 Å². The van der Waals surface area contributed by atoms with Gasteiger partial charge in [0, 0.05) is 16.8 Å². The Labute approximate surface area is 127 Å². The fourth-order valence-corrected chi connectivity index (χ4v) is 2.29. The number of nitrogens with zero attached hydrogens (tertiary/aromatic N) is 2. The molecule has 104 valence electrons. The van der Waals surface area contributed by atoms with Crippen LogP contribution in [0.25, 0.3) is 16.9 Å². The average molecular weight is 297 g/mol. The van der Waals surface area contributed by atoms with E-state index in [0.717, 1.165) is 11.3 Å². The molecule has 2 aromatic carbocycles. The first-order valence-electron chi connectivity index (χ1n) is 6.57. The van der Waals surface area contributed by atoms with Gasteiger partial charge in [0.25, 0.3) is 0 Å². The molecule has 0 unspecified atom stereocenters. The third-order valence-electron chi connectivity index (χ3n) is 3.23. The molecule has 0 radical (unpaired) electrons. The number of hydrogen-bond donors (Lipinski definition) is 0. The van der Waals surface area contributed by atoms with Crippen molar-refractivity contribution in [1.82, 2.24) is 9.78 Å². The average Bonchev–Trinajstić information content (AvgIpc) is 2.94. The van der Waals surface area contributed by atoms with Crippen molar-refractivity contribution in [2.24, 2.45) is 0 Å². The van der Waals surface area contributed by atoms with Crippen LogP contribution < -0.4 is 0 Å². The van der Waals surface area contributed by atoms with Gasteiger partial charge in [-0.2, -0.15) is 5.10 Å². The number of para-hydroxylation sites is 1. The van der Waals surface area contributed by atoms with Crippen LogP contribution in [0.5, 0.6) is 0 Å². The van der Waals surface area contributed by atoms with Gasteiger partial charge in [0.2, 0.25) is 0 Å². The Bertz CT molecular complexity index is 776. The summed E-state index contributed by atoms with van der Waals surface area (Å²) < 4.78 is 1.72. The van der Waals surface area contributed by atoms with E-state index in [1.807, 2.05) is 42.5 Å². The Balaban J connectivity index is 2.14. The van der Waals surface area contributed by atoms with Crippen molar-refractivity contribution in [1.29, 1.82) is 0 Å². The maximum absolute atomic E-state index is 11.9. The van der Waals surface area contributed by atoms with E-state index in [9.17, 15) is 4.79 Å². The van der Waals surface area contributed by atoms with Gasteiger partial charge in [0.05, 0.1) is 11.3 Å². The lowest BCUT2D eigenvalue weighted by Gasteiger charge is -2.00. The van der Waals surface area contributed by atoms with E-state index in [0.29, 0.717) is 16.3 Å². The van der Waals surface area contributed by atoms with Crippen LogP contribution in [0.15, 0.2) is 60.8 Å². The molecule has 3 rings (SSSR count). The predicted molar refractivity (Wildman–Crippen MR) is 84.0 cm³/mol. The van der Waals surface area contributed by atoms with Crippen LogP contribution in [0.4, 0.5) is 0 Å². The third-order valence-corrected chi connectivity index (χ3v) is 3.48. The van der Waals surface area contributed by atoms with Gasteiger partial charge in [-0.1, -0.05) is 41.9 Å². The molecule has 0 fully saturated rings. The number of ketones is 1. The minimum absolute atomic E-state index is 0.0119. The minimum Gasteiger partial charge on any atom is -0.294 e. The number of rotatable bonds is 3. The van der Waals surface area contributed by atoms with E-state index in [1.54, 1.807) is 29.9 Å². The summed E-state index contributed by atoms with van der Waals surface area (Å²) in [6.45, 7) is 1.55. The Morgan fingerprint density at radius 3 is 2.33 bits per heavy atom. The second-order valence-electron chi connectivity index (χ2n) is 4.73. The van der Waals surface area contributed by atoms with Crippen LogP contribution >= 0.6 is 11.6 Å². The third kappa shape index (κ3) is 2.73. The summed E-state index contributed by atoms with van der Waals surface area (Å²) in [5.74, 6) is -0.0119. The standard InChI is InChI=1S/C17H13ClN2O/c1-12(21)16-11-20(15-5-3-2-4-6-15)19-17(16)13-7-9-14(18)10-8-13/h2-11H,1H3. The molecule has 0 bridgehead atoms. The smallest absolute Gasteiger partial charge is 0.163 e. The summed E-state index contributed by atoms with van der Waals surface area (Å²) in [5.41, 5.74) is 3.06. The zero-order chi connectivity index (χ0) is 14.8. The van der Waals surface area contributed by atoms with Crippen molar-refractivity contribution in [3.05, 3.63) is 71.4 Å². The lowest BCUT2D eigenvalue weighted by Crippen LogP contribution is -1.93. The van der Waals surface area contributed by atoms with Crippen LogP contribution in [0.2, 0.25) is 5.02 Å². The molecule has 0 atom stereocenters. The van der Waals surface area contributed by atoms with Crippen molar-refractivity contribution in [3.63, 3.8) is 0 Å². The Hall–Kier alpha value is -2.39. The monoisotopic (exact) mass is 296 g/mol. The predicted octanol–water partition coefficient (Wildman–Crippen LogP) is 4.40. The van der Waals surface area contributed by atoms with Gasteiger partial charge in [0.1, 0.15) is 5.69 Å². The topological polar surface area (TPSA) is 34.9 Å². The molecule has 0 aliphatic carbocycles. The lowest BCUT2D eigenvalue weighted by molar-refractivity contribution is 0.101. The highest BCUT2D eigenvalue weighted by Gasteiger charge is 2.15. The normalized spacial score (nSPS) is 10.6. The highest BCUT2D eigenvalue weighted by Crippen LogP contribution is 2.25. The Morgan fingerprint density at radius 2 is 1.71 bits per heavy atom. The summed E-state index contributed by atoms with van der Waals surface area (Å²) in [4.78, 5) is 11.9. The van der Waals surface area contributed by atoms with E-state index in [1.165, 1.54) is 0 Å². The SMILES string of the molecule is CC(=O)c1cn(-c2ccccc2)nc1-c1ccc(Cl)cc1. The van der Waals surface area contributed by atoms with Crippen molar-refractivity contribution < 1.29 is 4.79 Å². The molecule has 0 aliphatic heterocycles. The Kier molecular flexibility index (Phi) is 3.59. The van der Waals surface area contributed by atoms with Gasteiger partial charge < -0.3 is 0 Å². The fraction of sp³-hybridized carbons (Fsp3) is 0.0588. The van der Waals surface area contributed by atoms with Gasteiger partial charge in [0.15, 0.2) is 5.78 Å².